The first kappa shape index (κ1) is 15.3. The lowest BCUT2D eigenvalue weighted by atomic mass is 9.88. The molecule has 0 radical (unpaired) electrons. The third kappa shape index (κ3) is 2.60. The number of hydrogen-bond donors (Lipinski definition) is 1. The van der Waals surface area contributed by atoms with Gasteiger partial charge in [-0.25, -0.2) is 0 Å². The maximum Gasteiger partial charge on any atom is 0.0110 e. The van der Waals surface area contributed by atoms with Crippen molar-refractivity contribution < 1.29 is 4.89 Å². The zero-order chi connectivity index (χ0) is 16.4. The van der Waals surface area contributed by atoms with Crippen LogP contribution in [-0.4, -0.2) is 11.1 Å². The summed E-state index contributed by atoms with van der Waals surface area (Å²) in [7, 11) is -0.00433. The van der Waals surface area contributed by atoms with Gasteiger partial charge in [0.15, 0.2) is 0 Å². The van der Waals surface area contributed by atoms with E-state index in [1.807, 2.05) is 0 Å². The van der Waals surface area contributed by atoms with Gasteiger partial charge in [-0.2, -0.15) is 0 Å². The monoisotopic (exact) mass is 330 g/mol. The lowest BCUT2D eigenvalue weighted by Gasteiger charge is -2.17. The molecular weight excluding hydrogens is 311 g/mol. The van der Waals surface area contributed by atoms with Crippen molar-refractivity contribution >= 4 is 30.4 Å². The van der Waals surface area contributed by atoms with Gasteiger partial charge in [0.2, 0.25) is 0 Å². The van der Waals surface area contributed by atoms with Gasteiger partial charge in [0.1, 0.15) is 0 Å². The van der Waals surface area contributed by atoms with E-state index in [-0.39, 0.29) is 8.81 Å². The molecular formula is C22H19OP. The van der Waals surface area contributed by atoms with E-state index in [1.165, 1.54) is 38.2 Å². The summed E-state index contributed by atoms with van der Waals surface area (Å²) in [6.45, 7) is 0. The van der Waals surface area contributed by atoms with Crippen molar-refractivity contribution in [3.8, 4) is 11.1 Å². The highest BCUT2D eigenvalue weighted by Crippen LogP contribution is 2.39. The molecule has 0 heterocycles. The third-order valence-electron chi connectivity index (χ3n) is 4.59. The molecule has 0 bridgehead atoms. The summed E-state index contributed by atoms with van der Waals surface area (Å²) < 4.78 is 0. The molecule has 0 saturated carbocycles. The first-order valence-corrected chi connectivity index (χ1v) is 9.40. The molecule has 0 amide bonds. The minimum absolute atomic E-state index is 0.00433. The van der Waals surface area contributed by atoms with Crippen LogP contribution in [0.4, 0.5) is 0 Å². The first-order valence-electron chi connectivity index (χ1n) is 8.25. The van der Waals surface area contributed by atoms with Gasteiger partial charge in [-0.3, -0.25) is 0 Å². The van der Waals surface area contributed by atoms with Gasteiger partial charge in [0.05, 0.1) is 0 Å². The summed E-state index contributed by atoms with van der Waals surface area (Å²) >= 11 is 0. The van der Waals surface area contributed by atoms with Gasteiger partial charge in [-0.05, 0) is 50.8 Å². The lowest BCUT2D eigenvalue weighted by Crippen LogP contribution is -1.95. The molecule has 0 saturated heterocycles. The number of fused-ring (bicyclic) bond motifs is 2. The molecule has 1 N–H and O–H groups in total. The molecule has 2 heteroatoms. The number of benzene rings is 4. The van der Waals surface area contributed by atoms with Crippen LogP contribution in [-0.2, 0) is 6.42 Å². The zero-order valence-electron chi connectivity index (χ0n) is 13.4. The normalized spacial score (nSPS) is 11.7. The van der Waals surface area contributed by atoms with Crippen LogP contribution < -0.4 is 0 Å². The van der Waals surface area contributed by atoms with Crippen molar-refractivity contribution in [1.82, 2.24) is 0 Å². The van der Waals surface area contributed by atoms with Crippen molar-refractivity contribution in [3.63, 3.8) is 0 Å². The molecule has 0 aliphatic heterocycles. The Morgan fingerprint density at radius 3 is 1.67 bits per heavy atom. The van der Waals surface area contributed by atoms with Crippen LogP contribution in [0.25, 0.3) is 32.7 Å². The topological polar surface area (TPSA) is 20.2 Å². The molecule has 1 nitrogen and oxygen atoms in total. The van der Waals surface area contributed by atoms with E-state index in [0.717, 1.165) is 12.6 Å². The number of aryl methyl sites for hydroxylation is 1. The van der Waals surface area contributed by atoms with Gasteiger partial charge in [0, 0.05) is 8.81 Å². The van der Waals surface area contributed by atoms with Crippen LogP contribution in [0.5, 0.6) is 0 Å². The molecule has 0 aliphatic rings. The van der Waals surface area contributed by atoms with E-state index in [4.69, 9.17) is 0 Å². The van der Waals surface area contributed by atoms with Gasteiger partial charge in [-0.1, -0.05) is 78.9 Å². The Kier molecular flexibility index (Phi) is 4.30. The molecule has 0 aromatic heterocycles. The van der Waals surface area contributed by atoms with Gasteiger partial charge in [0.25, 0.3) is 0 Å². The van der Waals surface area contributed by atoms with E-state index in [2.05, 4.69) is 78.9 Å². The van der Waals surface area contributed by atoms with Gasteiger partial charge >= 0.3 is 0 Å². The fourth-order valence-electron chi connectivity index (χ4n) is 3.58. The minimum Gasteiger partial charge on any atom is -0.377 e. The van der Waals surface area contributed by atoms with E-state index in [0.29, 0.717) is 0 Å². The average Bonchev–Trinajstić information content (AvgIpc) is 2.66. The third-order valence-corrected chi connectivity index (χ3v) is 5.07. The summed E-state index contributed by atoms with van der Waals surface area (Å²) in [4.78, 5) is 9.33. The summed E-state index contributed by atoms with van der Waals surface area (Å²) in [6, 6.07) is 27.9. The fraction of sp³-hybridized carbons (Fsp3) is 0.0909. The van der Waals surface area contributed by atoms with Crippen molar-refractivity contribution in [1.29, 1.82) is 0 Å². The molecule has 4 aromatic carbocycles. The quantitative estimate of drug-likeness (QED) is 0.371. The van der Waals surface area contributed by atoms with Crippen molar-refractivity contribution in [3.05, 3.63) is 84.4 Å². The Labute approximate surface area is 143 Å². The second-order valence-electron chi connectivity index (χ2n) is 5.97. The van der Waals surface area contributed by atoms with Crippen LogP contribution in [0, 0.1) is 0 Å². The van der Waals surface area contributed by atoms with Gasteiger partial charge < -0.3 is 4.89 Å². The highest BCUT2D eigenvalue weighted by molar-refractivity contribution is 7.31. The van der Waals surface area contributed by atoms with E-state index in [9.17, 15) is 4.89 Å². The molecule has 0 spiro atoms. The standard InChI is InChI=1S/C22H19OP/c23-24-15-14-19-17-10-4-6-12-20(17)22(16-8-2-1-3-9-16)21-13-7-5-11-18(19)21/h1-13,23-24H,14-15H2. The molecule has 118 valence electrons. The second-order valence-corrected chi connectivity index (χ2v) is 6.79. The Hall–Kier alpha value is -2.21. The van der Waals surface area contributed by atoms with E-state index >= 15 is 0 Å². The highest BCUT2D eigenvalue weighted by atomic mass is 31.1. The second kappa shape index (κ2) is 6.73. The van der Waals surface area contributed by atoms with Crippen molar-refractivity contribution in [2.24, 2.45) is 0 Å². The molecule has 1 unspecified atom stereocenters. The minimum atomic E-state index is -0.00433. The molecule has 1 atom stereocenters. The van der Waals surface area contributed by atoms with Crippen LogP contribution in [0.3, 0.4) is 0 Å². The van der Waals surface area contributed by atoms with Crippen molar-refractivity contribution in [2.45, 2.75) is 6.42 Å². The summed E-state index contributed by atoms with van der Waals surface area (Å²) in [5.74, 6) is 0. The SMILES string of the molecule is OPCCc1c2ccccc2c(-c2ccccc2)c2ccccc12. The maximum atomic E-state index is 9.33. The molecule has 24 heavy (non-hydrogen) atoms. The maximum absolute atomic E-state index is 9.33. The molecule has 4 rings (SSSR count). The van der Waals surface area contributed by atoms with E-state index < -0.39 is 0 Å². The Morgan fingerprint density at radius 1 is 0.625 bits per heavy atom. The molecule has 0 aliphatic carbocycles. The van der Waals surface area contributed by atoms with Crippen LogP contribution in [0.2, 0.25) is 0 Å². The molecule has 4 aromatic rings. The van der Waals surface area contributed by atoms with Crippen molar-refractivity contribution in [2.75, 3.05) is 6.16 Å². The van der Waals surface area contributed by atoms with E-state index in [1.54, 1.807) is 0 Å². The predicted octanol–water partition coefficient (Wildman–Crippen LogP) is 5.79. The number of rotatable bonds is 4. The van der Waals surface area contributed by atoms with Gasteiger partial charge in [-0.15, -0.1) is 0 Å². The smallest absolute Gasteiger partial charge is 0.0110 e. The van der Waals surface area contributed by atoms with Crippen LogP contribution >= 0.6 is 8.81 Å². The highest BCUT2D eigenvalue weighted by Gasteiger charge is 2.14. The fourth-order valence-corrected chi connectivity index (χ4v) is 3.95. The van der Waals surface area contributed by atoms with Crippen LogP contribution in [0.15, 0.2) is 78.9 Å². The zero-order valence-corrected chi connectivity index (χ0v) is 14.4. The Balaban J connectivity index is 2.15. The Bertz CT molecular complexity index is 936. The lowest BCUT2D eigenvalue weighted by molar-refractivity contribution is 0.644. The number of hydrogen-bond acceptors (Lipinski definition) is 1. The first-order chi connectivity index (χ1) is 11.9. The molecule has 0 fully saturated rings. The average molecular weight is 330 g/mol. The summed E-state index contributed by atoms with van der Waals surface area (Å²) in [5, 5.41) is 5.18. The summed E-state index contributed by atoms with van der Waals surface area (Å²) in [6.07, 6.45) is 1.73. The predicted molar refractivity (Wildman–Crippen MR) is 106 cm³/mol. The summed E-state index contributed by atoms with van der Waals surface area (Å²) in [5.41, 5.74) is 3.90. The Morgan fingerprint density at radius 2 is 1.12 bits per heavy atom. The van der Waals surface area contributed by atoms with Crippen LogP contribution in [0.1, 0.15) is 5.56 Å². The largest absolute Gasteiger partial charge is 0.377 e.